The minimum atomic E-state index is -4.70. The first-order valence-corrected chi connectivity index (χ1v) is 7.23. The highest BCUT2D eigenvalue weighted by Crippen LogP contribution is 2.37. The molecule has 1 aromatic heterocycles. The summed E-state index contributed by atoms with van der Waals surface area (Å²) in [5.74, 6) is -0.981. The molecule has 0 radical (unpaired) electrons. The second-order valence-corrected chi connectivity index (χ2v) is 6.00. The fraction of sp³-hybridized carbons (Fsp3) is 0.231. The summed E-state index contributed by atoms with van der Waals surface area (Å²) >= 11 is 4.58. The molecule has 0 aliphatic rings. The molecule has 0 saturated carbocycles. The summed E-state index contributed by atoms with van der Waals surface area (Å²) in [7, 11) is 0. The number of hydrogen-bond donors (Lipinski definition) is 1. The van der Waals surface area contributed by atoms with E-state index in [4.69, 9.17) is 0 Å². The van der Waals surface area contributed by atoms with Crippen molar-refractivity contribution in [2.75, 3.05) is 0 Å². The van der Waals surface area contributed by atoms with E-state index in [1.54, 1.807) is 11.4 Å². The minimum absolute atomic E-state index is 0.0347. The monoisotopic (exact) mass is 368 g/mol. The lowest BCUT2D eigenvalue weighted by molar-refractivity contribution is -0.139. The zero-order chi connectivity index (χ0) is 14.9. The molecule has 0 spiro atoms. The van der Waals surface area contributed by atoms with Crippen molar-refractivity contribution in [2.24, 2.45) is 0 Å². The van der Waals surface area contributed by atoms with Gasteiger partial charge in [-0.3, -0.25) is 0 Å². The van der Waals surface area contributed by atoms with Gasteiger partial charge in [-0.1, -0.05) is 6.07 Å². The van der Waals surface area contributed by atoms with E-state index in [-0.39, 0.29) is 12.0 Å². The van der Waals surface area contributed by atoms with Gasteiger partial charge in [0, 0.05) is 15.8 Å². The Hall–Kier alpha value is -0.920. The zero-order valence-electron chi connectivity index (χ0n) is 9.92. The Kier molecular flexibility index (Phi) is 4.51. The lowest BCUT2D eigenvalue weighted by Crippen LogP contribution is -2.13. The molecule has 0 bridgehead atoms. The van der Waals surface area contributed by atoms with Crippen molar-refractivity contribution in [2.45, 2.75) is 18.7 Å². The molecule has 0 fully saturated rings. The molecule has 108 valence electrons. The molecule has 0 aliphatic heterocycles. The first-order chi connectivity index (χ1) is 9.29. The molecule has 7 heteroatoms. The molecule has 1 aromatic carbocycles. The summed E-state index contributed by atoms with van der Waals surface area (Å²) in [5.41, 5.74) is -1.46. The van der Waals surface area contributed by atoms with Crippen LogP contribution in [-0.2, 0) is 12.6 Å². The van der Waals surface area contributed by atoms with Crippen molar-refractivity contribution in [1.82, 2.24) is 0 Å². The molecule has 2 rings (SSSR count). The van der Waals surface area contributed by atoms with Crippen LogP contribution in [0, 0.1) is 5.82 Å². The van der Waals surface area contributed by atoms with Gasteiger partial charge in [-0.25, -0.2) is 4.39 Å². The van der Waals surface area contributed by atoms with Crippen molar-refractivity contribution in [1.29, 1.82) is 0 Å². The molecule has 0 aliphatic carbocycles. The zero-order valence-corrected chi connectivity index (χ0v) is 12.3. The summed E-state index contributed by atoms with van der Waals surface area (Å²) in [5, 5.41) is 11.8. The molecule has 1 unspecified atom stereocenters. The van der Waals surface area contributed by atoms with E-state index in [1.165, 1.54) is 11.3 Å². The van der Waals surface area contributed by atoms with Crippen LogP contribution >= 0.6 is 27.3 Å². The van der Waals surface area contributed by atoms with E-state index in [1.807, 2.05) is 0 Å². The fourth-order valence-electron chi connectivity index (χ4n) is 1.82. The highest BCUT2D eigenvalue weighted by atomic mass is 79.9. The van der Waals surface area contributed by atoms with Crippen LogP contribution in [0.3, 0.4) is 0 Å². The Labute approximate surface area is 125 Å². The van der Waals surface area contributed by atoms with Gasteiger partial charge < -0.3 is 5.11 Å². The highest BCUT2D eigenvalue weighted by Gasteiger charge is 2.35. The van der Waals surface area contributed by atoms with Gasteiger partial charge in [-0.2, -0.15) is 13.2 Å². The fourth-order valence-corrected chi connectivity index (χ4v) is 3.37. The van der Waals surface area contributed by atoms with Gasteiger partial charge in [0.25, 0.3) is 0 Å². The van der Waals surface area contributed by atoms with Gasteiger partial charge in [-0.15, -0.1) is 11.3 Å². The SMILES string of the molecule is OC(Cc1sccc1Br)c1ccc(F)cc1C(F)(F)F. The summed E-state index contributed by atoms with van der Waals surface area (Å²) in [4.78, 5) is 0.731. The van der Waals surface area contributed by atoms with E-state index in [0.29, 0.717) is 6.07 Å². The average Bonchev–Trinajstić information content (AvgIpc) is 2.73. The van der Waals surface area contributed by atoms with E-state index in [9.17, 15) is 22.7 Å². The first-order valence-electron chi connectivity index (χ1n) is 5.55. The first kappa shape index (κ1) is 15.5. The number of hydrogen-bond acceptors (Lipinski definition) is 2. The third kappa shape index (κ3) is 3.39. The van der Waals surface area contributed by atoms with Crippen molar-refractivity contribution in [3.05, 3.63) is 55.9 Å². The van der Waals surface area contributed by atoms with Crippen molar-refractivity contribution in [3.63, 3.8) is 0 Å². The quantitative estimate of drug-likeness (QED) is 0.760. The second kappa shape index (κ2) is 5.83. The number of alkyl halides is 3. The standard InChI is InChI=1S/C13H9BrF4OS/c14-10-3-4-20-12(10)6-11(19)8-2-1-7(15)5-9(8)13(16,17)18/h1-5,11,19H,6H2. The summed E-state index contributed by atoms with van der Waals surface area (Å²) in [6, 6.07) is 4.05. The lowest BCUT2D eigenvalue weighted by Gasteiger charge is -2.17. The number of aliphatic hydroxyl groups is 1. The Bertz CT molecular complexity index is 609. The number of thiophene rings is 1. The normalized spacial score (nSPS) is 13.5. The largest absolute Gasteiger partial charge is 0.416 e. The van der Waals surface area contributed by atoms with Crippen LogP contribution in [0.2, 0.25) is 0 Å². The molecule has 1 nitrogen and oxygen atoms in total. The topological polar surface area (TPSA) is 20.2 Å². The van der Waals surface area contributed by atoms with E-state index >= 15 is 0 Å². The van der Waals surface area contributed by atoms with Crippen LogP contribution in [0.1, 0.15) is 22.1 Å². The number of benzene rings is 1. The Morgan fingerprint density at radius 1 is 1.25 bits per heavy atom. The van der Waals surface area contributed by atoms with E-state index < -0.39 is 23.7 Å². The van der Waals surface area contributed by atoms with E-state index in [2.05, 4.69) is 15.9 Å². The minimum Gasteiger partial charge on any atom is -0.388 e. The number of aliphatic hydroxyl groups excluding tert-OH is 1. The molecule has 0 saturated heterocycles. The Balaban J connectivity index is 2.35. The maximum Gasteiger partial charge on any atom is 0.416 e. The van der Waals surface area contributed by atoms with Gasteiger partial charge in [0.2, 0.25) is 0 Å². The van der Waals surface area contributed by atoms with Gasteiger partial charge in [0.1, 0.15) is 5.82 Å². The van der Waals surface area contributed by atoms with Crippen LogP contribution in [0.4, 0.5) is 17.6 Å². The molecule has 1 N–H and O–H groups in total. The maximum atomic E-state index is 13.0. The third-order valence-corrected chi connectivity index (χ3v) is 4.70. The van der Waals surface area contributed by atoms with Crippen molar-refractivity contribution in [3.8, 4) is 0 Å². The maximum absolute atomic E-state index is 13.0. The van der Waals surface area contributed by atoms with Crippen LogP contribution in [0.15, 0.2) is 34.1 Å². The van der Waals surface area contributed by atoms with Crippen LogP contribution in [0.5, 0.6) is 0 Å². The lowest BCUT2D eigenvalue weighted by atomic mass is 9.99. The highest BCUT2D eigenvalue weighted by molar-refractivity contribution is 9.10. The summed E-state index contributed by atoms with van der Waals surface area (Å²) < 4.78 is 52.3. The number of halogens is 5. The van der Waals surface area contributed by atoms with Crippen molar-refractivity contribution < 1.29 is 22.7 Å². The van der Waals surface area contributed by atoms with Gasteiger partial charge in [0.05, 0.1) is 11.7 Å². The molecular formula is C13H9BrF4OS. The van der Waals surface area contributed by atoms with Crippen molar-refractivity contribution >= 4 is 27.3 Å². The molecular weight excluding hydrogens is 360 g/mol. The predicted octanol–water partition coefficient (Wildman–Crippen LogP) is 4.94. The van der Waals surface area contributed by atoms with Crippen LogP contribution in [0.25, 0.3) is 0 Å². The Morgan fingerprint density at radius 3 is 2.50 bits per heavy atom. The average molecular weight is 369 g/mol. The molecule has 2 aromatic rings. The molecule has 20 heavy (non-hydrogen) atoms. The predicted molar refractivity (Wildman–Crippen MR) is 72.1 cm³/mol. The third-order valence-electron chi connectivity index (χ3n) is 2.75. The van der Waals surface area contributed by atoms with Gasteiger partial charge >= 0.3 is 6.18 Å². The summed E-state index contributed by atoms with van der Waals surface area (Å²) in [6.45, 7) is 0. The van der Waals surface area contributed by atoms with Gasteiger partial charge in [-0.05, 0) is 45.1 Å². The molecule has 0 amide bonds. The Morgan fingerprint density at radius 2 is 1.95 bits per heavy atom. The summed E-state index contributed by atoms with van der Waals surface area (Å²) in [6.07, 6.45) is -6.01. The molecule has 1 atom stereocenters. The van der Waals surface area contributed by atoms with Crippen LogP contribution < -0.4 is 0 Å². The van der Waals surface area contributed by atoms with Gasteiger partial charge in [0.15, 0.2) is 0 Å². The van der Waals surface area contributed by atoms with Crippen LogP contribution in [-0.4, -0.2) is 5.11 Å². The smallest absolute Gasteiger partial charge is 0.388 e. The van der Waals surface area contributed by atoms with E-state index in [0.717, 1.165) is 21.5 Å². The number of rotatable bonds is 3. The molecule has 1 heterocycles. The second-order valence-electron chi connectivity index (χ2n) is 4.14.